The van der Waals surface area contributed by atoms with Gasteiger partial charge < -0.3 is 24.4 Å². The number of ether oxygens (including phenoxy) is 3. The fourth-order valence-corrected chi connectivity index (χ4v) is 3.02. The molecule has 1 saturated heterocycles. The smallest absolute Gasteiger partial charge is 0.193 e. The molecule has 0 aliphatic carbocycles. The summed E-state index contributed by atoms with van der Waals surface area (Å²) in [7, 11) is 3.53. The van der Waals surface area contributed by atoms with Crippen molar-refractivity contribution in [3.63, 3.8) is 0 Å². The third-order valence-corrected chi connectivity index (χ3v) is 4.33. The van der Waals surface area contributed by atoms with Gasteiger partial charge in [-0.3, -0.25) is 4.99 Å². The summed E-state index contributed by atoms with van der Waals surface area (Å²) in [5, 5.41) is 3.46. The minimum atomic E-state index is 0. The molecule has 1 aliphatic rings. The quantitative estimate of drug-likeness (QED) is 0.249. The summed E-state index contributed by atoms with van der Waals surface area (Å²) < 4.78 is 16.4. The molecule has 2 rings (SSSR count). The molecule has 1 N–H and O–H groups in total. The van der Waals surface area contributed by atoms with Crippen LogP contribution in [0.5, 0.6) is 5.75 Å². The summed E-state index contributed by atoms with van der Waals surface area (Å²) in [5.74, 6) is 2.41. The first kappa shape index (κ1) is 24.0. The highest BCUT2D eigenvalue weighted by Gasteiger charge is 2.24. The van der Waals surface area contributed by atoms with Crippen molar-refractivity contribution in [2.75, 3.05) is 47.1 Å². The molecule has 0 saturated carbocycles. The summed E-state index contributed by atoms with van der Waals surface area (Å²) in [6.07, 6.45) is 1.33. The second-order valence-electron chi connectivity index (χ2n) is 6.88. The van der Waals surface area contributed by atoms with Gasteiger partial charge in [0.1, 0.15) is 5.75 Å². The number of halogens is 1. The van der Waals surface area contributed by atoms with E-state index in [2.05, 4.69) is 27.3 Å². The zero-order chi connectivity index (χ0) is 18.8. The third-order valence-electron chi connectivity index (χ3n) is 4.33. The van der Waals surface area contributed by atoms with Crippen molar-refractivity contribution in [2.24, 2.45) is 10.9 Å². The number of hydrogen-bond acceptors (Lipinski definition) is 4. The first-order chi connectivity index (χ1) is 12.6. The molecule has 154 valence electrons. The number of aliphatic imine (C=N–C) groups is 1. The lowest BCUT2D eigenvalue weighted by molar-refractivity contribution is 0.0536. The van der Waals surface area contributed by atoms with Crippen molar-refractivity contribution in [3.8, 4) is 5.75 Å². The molecular formula is C20H34IN3O3. The molecule has 0 spiro atoms. The Morgan fingerprint density at radius 1 is 1.26 bits per heavy atom. The second kappa shape index (κ2) is 13.2. The predicted octanol–water partition coefficient (Wildman–Crippen LogP) is 3.15. The van der Waals surface area contributed by atoms with Gasteiger partial charge >= 0.3 is 0 Å². The van der Waals surface area contributed by atoms with Gasteiger partial charge in [-0.2, -0.15) is 0 Å². The van der Waals surface area contributed by atoms with E-state index in [1.54, 1.807) is 7.11 Å². The lowest BCUT2D eigenvalue weighted by Crippen LogP contribution is -2.39. The van der Waals surface area contributed by atoms with Gasteiger partial charge in [0.05, 0.1) is 25.9 Å². The van der Waals surface area contributed by atoms with Crippen LogP contribution in [0, 0.1) is 5.92 Å². The van der Waals surface area contributed by atoms with Crippen LogP contribution in [0.2, 0.25) is 0 Å². The zero-order valence-corrected chi connectivity index (χ0v) is 19.3. The Balaban J connectivity index is 0.00000364. The number of likely N-dealkylation sites (tertiary alicyclic amines) is 1. The zero-order valence-electron chi connectivity index (χ0n) is 16.9. The fraction of sp³-hybridized carbons (Fsp3) is 0.650. The number of hydrogen-bond donors (Lipinski definition) is 1. The van der Waals surface area contributed by atoms with Crippen LogP contribution in [0.1, 0.15) is 25.8 Å². The van der Waals surface area contributed by atoms with E-state index in [1.807, 2.05) is 33.0 Å². The Labute approximate surface area is 180 Å². The maximum absolute atomic E-state index is 5.68. The van der Waals surface area contributed by atoms with Gasteiger partial charge in [-0.25, -0.2) is 0 Å². The highest BCUT2D eigenvalue weighted by molar-refractivity contribution is 14.0. The Bertz CT molecular complexity index is 552. The van der Waals surface area contributed by atoms with Crippen molar-refractivity contribution < 1.29 is 14.2 Å². The van der Waals surface area contributed by atoms with Crippen LogP contribution in [0.4, 0.5) is 0 Å². The first-order valence-electron chi connectivity index (χ1n) is 9.40. The third kappa shape index (κ3) is 8.66. The van der Waals surface area contributed by atoms with Gasteiger partial charge in [0.2, 0.25) is 0 Å². The minimum absolute atomic E-state index is 0. The molecule has 1 aliphatic heterocycles. The maximum atomic E-state index is 5.68. The van der Waals surface area contributed by atoms with E-state index >= 15 is 0 Å². The van der Waals surface area contributed by atoms with E-state index in [1.165, 1.54) is 5.56 Å². The van der Waals surface area contributed by atoms with Crippen LogP contribution in [-0.2, 0) is 16.0 Å². The molecule has 1 fully saturated rings. The highest BCUT2D eigenvalue weighted by atomic mass is 127. The number of methoxy groups -OCH3 is 1. The van der Waals surface area contributed by atoms with Crippen molar-refractivity contribution in [2.45, 2.75) is 32.9 Å². The van der Waals surface area contributed by atoms with Crippen LogP contribution in [0.25, 0.3) is 0 Å². The van der Waals surface area contributed by atoms with Gasteiger partial charge in [-0.1, -0.05) is 12.1 Å². The van der Waals surface area contributed by atoms with Crippen LogP contribution in [0.15, 0.2) is 29.3 Å². The molecule has 0 aromatic heterocycles. The summed E-state index contributed by atoms with van der Waals surface area (Å²) in [5.41, 5.74) is 1.21. The van der Waals surface area contributed by atoms with Gasteiger partial charge in [0.25, 0.3) is 0 Å². The normalized spacial score (nSPS) is 17.1. The average Bonchev–Trinajstić information content (AvgIpc) is 3.09. The molecule has 1 aromatic rings. The average molecular weight is 491 g/mol. The number of benzene rings is 1. The number of rotatable bonds is 9. The van der Waals surface area contributed by atoms with E-state index in [0.717, 1.165) is 44.4 Å². The van der Waals surface area contributed by atoms with E-state index in [4.69, 9.17) is 14.2 Å². The van der Waals surface area contributed by atoms with Crippen molar-refractivity contribution in [1.82, 2.24) is 10.2 Å². The van der Waals surface area contributed by atoms with E-state index in [9.17, 15) is 0 Å². The van der Waals surface area contributed by atoms with E-state index in [-0.39, 0.29) is 30.1 Å². The standard InChI is InChI=1S/C20H33N3O3.HI/c1-16(2)26-19-7-5-17(6-8-19)13-22-20(21-3)23-10-9-18(14-23)15-25-12-11-24-4;/h5-8,16,18H,9-15H2,1-4H3,(H,21,22);1H. The van der Waals surface area contributed by atoms with Crippen LogP contribution in [-0.4, -0.2) is 64.0 Å². The fourth-order valence-electron chi connectivity index (χ4n) is 3.02. The lowest BCUT2D eigenvalue weighted by atomic mass is 10.1. The molecular weight excluding hydrogens is 457 g/mol. The lowest BCUT2D eigenvalue weighted by Gasteiger charge is -2.22. The number of nitrogens with one attached hydrogen (secondary N) is 1. The van der Waals surface area contributed by atoms with Gasteiger partial charge in [0.15, 0.2) is 5.96 Å². The summed E-state index contributed by atoms with van der Waals surface area (Å²) in [6.45, 7) is 8.91. The Morgan fingerprint density at radius 3 is 2.63 bits per heavy atom. The molecule has 1 atom stereocenters. The van der Waals surface area contributed by atoms with Crippen molar-refractivity contribution in [3.05, 3.63) is 29.8 Å². The van der Waals surface area contributed by atoms with Crippen LogP contribution < -0.4 is 10.1 Å². The van der Waals surface area contributed by atoms with Crippen LogP contribution >= 0.6 is 24.0 Å². The second-order valence-corrected chi connectivity index (χ2v) is 6.88. The van der Waals surface area contributed by atoms with E-state index < -0.39 is 0 Å². The SMILES string of the molecule is CN=C(NCc1ccc(OC(C)C)cc1)N1CCC(COCCOC)C1.I. The molecule has 6 nitrogen and oxygen atoms in total. The summed E-state index contributed by atoms with van der Waals surface area (Å²) >= 11 is 0. The molecule has 0 bridgehead atoms. The highest BCUT2D eigenvalue weighted by Crippen LogP contribution is 2.17. The van der Waals surface area contributed by atoms with Crippen LogP contribution in [0.3, 0.4) is 0 Å². The molecule has 7 heteroatoms. The molecule has 1 aromatic carbocycles. The number of nitrogens with zero attached hydrogens (tertiary/aromatic N) is 2. The Kier molecular flexibility index (Phi) is 11.7. The molecule has 27 heavy (non-hydrogen) atoms. The largest absolute Gasteiger partial charge is 0.491 e. The van der Waals surface area contributed by atoms with Gasteiger partial charge in [0, 0.05) is 39.7 Å². The Morgan fingerprint density at radius 2 is 2.00 bits per heavy atom. The van der Waals surface area contributed by atoms with E-state index in [0.29, 0.717) is 19.1 Å². The van der Waals surface area contributed by atoms with Gasteiger partial charge in [-0.05, 0) is 38.0 Å². The minimum Gasteiger partial charge on any atom is -0.491 e. The first-order valence-corrected chi connectivity index (χ1v) is 9.40. The monoisotopic (exact) mass is 491 g/mol. The molecule has 1 heterocycles. The molecule has 0 amide bonds. The van der Waals surface area contributed by atoms with Crippen molar-refractivity contribution >= 4 is 29.9 Å². The maximum Gasteiger partial charge on any atom is 0.193 e. The topological polar surface area (TPSA) is 55.3 Å². The predicted molar refractivity (Wildman–Crippen MR) is 120 cm³/mol. The molecule has 1 unspecified atom stereocenters. The molecule has 0 radical (unpaired) electrons. The van der Waals surface area contributed by atoms with Gasteiger partial charge in [-0.15, -0.1) is 24.0 Å². The summed E-state index contributed by atoms with van der Waals surface area (Å²) in [6, 6.07) is 8.22. The van der Waals surface area contributed by atoms with Crippen molar-refractivity contribution in [1.29, 1.82) is 0 Å². The Hall–Kier alpha value is -1.06. The summed E-state index contributed by atoms with van der Waals surface area (Å²) in [4.78, 5) is 6.74. The number of guanidine groups is 1.